The molecule has 2 bridgehead atoms. The van der Waals surface area contributed by atoms with Gasteiger partial charge in [0.1, 0.15) is 0 Å². The maximum Gasteiger partial charge on any atom is 0.156 e. The van der Waals surface area contributed by atoms with E-state index in [2.05, 4.69) is 25.7 Å². The van der Waals surface area contributed by atoms with Crippen molar-refractivity contribution in [2.45, 2.75) is 39.7 Å². The number of rotatable bonds is 1. The predicted octanol–water partition coefficient (Wildman–Crippen LogP) is 1.94. The fourth-order valence-corrected chi connectivity index (χ4v) is 3.63. The molecule has 2 aliphatic rings. The first-order valence-electron chi connectivity index (χ1n) is 5.53. The molecule has 0 aromatic rings. The molecule has 0 radical (unpaired) electrons. The Kier molecular flexibility index (Phi) is 1.89. The summed E-state index contributed by atoms with van der Waals surface area (Å²) in [6.07, 6.45) is 2.31. The SMILES string of the molecule is CN(C)C1C(=O)C2(C)CCC1C2(C)C. The van der Waals surface area contributed by atoms with Crippen LogP contribution in [0.15, 0.2) is 0 Å². The van der Waals surface area contributed by atoms with Crippen LogP contribution in [0.3, 0.4) is 0 Å². The Labute approximate surface area is 86.7 Å². The molecule has 0 saturated heterocycles. The number of ketones is 1. The molecule has 2 nitrogen and oxygen atoms in total. The number of likely N-dealkylation sites (N-methyl/N-ethyl adjacent to an activating group) is 1. The number of nitrogens with zero attached hydrogens (tertiary/aromatic N) is 1. The lowest BCUT2D eigenvalue weighted by molar-refractivity contribution is -0.132. The molecule has 2 fully saturated rings. The van der Waals surface area contributed by atoms with Crippen molar-refractivity contribution in [2.24, 2.45) is 16.7 Å². The third-order valence-electron chi connectivity index (χ3n) is 5.05. The van der Waals surface area contributed by atoms with Crippen molar-refractivity contribution in [3.8, 4) is 0 Å². The molecule has 2 aliphatic carbocycles. The third kappa shape index (κ3) is 0.881. The van der Waals surface area contributed by atoms with Crippen LogP contribution in [0.1, 0.15) is 33.6 Å². The molecule has 0 aliphatic heterocycles. The van der Waals surface area contributed by atoms with Gasteiger partial charge >= 0.3 is 0 Å². The van der Waals surface area contributed by atoms with Crippen LogP contribution in [-0.2, 0) is 4.79 Å². The Balaban J connectivity index is 2.44. The summed E-state index contributed by atoms with van der Waals surface area (Å²) < 4.78 is 0. The second kappa shape index (κ2) is 2.60. The third-order valence-corrected chi connectivity index (χ3v) is 5.05. The van der Waals surface area contributed by atoms with E-state index in [0.29, 0.717) is 11.7 Å². The van der Waals surface area contributed by atoms with Gasteiger partial charge in [-0.2, -0.15) is 0 Å². The smallest absolute Gasteiger partial charge is 0.156 e. The van der Waals surface area contributed by atoms with E-state index in [9.17, 15) is 4.79 Å². The fraction of sp³-hybridized carbons (Fsp3) is 0.917. The van der Waals surface area contributed by atoms with Gasteiger partial charge in [-0.25, -0.2) is 0 Å². The molecule has 0 aromatic carbocycles. The molecule has 2 rings (SSSR count). The normalized spacial score (nSPS) is 45.1. The van der Waals surface area contributed by atoms with Crippen molar-refractivity contribution < 1.29 is 4.79 Å². The highest BCUT2D eigenvalue weighted by Crippen LogP contribution is 2.64. The van der Waals surface area contributed by atoms with Crippen LogP contribution in [0.4, 0.5) is 0 Å². The molecule has 2 heteroatoms. The number of carbonyl (C=O) groups is 1. The summed E-state index contributed by atoms with van der Waals surface area (Å²) in [6, 6.07) is 0.170. The summed E-state index contributed by atoms with van der Waals surface area (Å²) in [7, 11) is 4.06. The van der Waals surface area contributed by atoms with Gasteiger partial charge in [0.05, 0.1) is 6.04 Å². The van der Waals surface area contributed by atoms with Crippen molar-refractivity contribution in [3.63, 3.8) is 0 Å². The Bertz CT molecular complexity index is 282. The molecule has 0 spiro atoms. The number of fused-ring (bicyclic) bond motifs is 2. The van der Waals surface area contributed by atoms with Crippen LogP contribution in [0.25, 0.3) is 0 Å². The highest BCUT2D eigenvalue weighted by atomic mass is 16.1. The standard InChI is InChI=1S/C12H21NO/c1-11(2)8-6-7-12(11,3)10(14)9(8)13(4)5/h8-9H,6-7H2,1-5H3. The monoisotopic (exact) mass is 195 g/mol. The summed E-state index contributed by atoms with van der Waals surface area (Å²) in [5.74, 6) is 1.04. The van der Waals surface area contributed by atoms with E-state index >= 15 is 0 Å². The van der Waals surface area contributed by atoms with Crippen LogP contribution >= 0.6 is 0 Å². The number of hydrogen-bond donors (Lipinski definition) is 0. The van der Waals surface area contributed by atoms with Crippen molar-refractivity contribution in [1.29, 1.82) is 0 Å². The first kappa shape index (κ1) is 10.2. The molecular formula is C12H21NO. The number of Topliss-reactive ketones (excluding diaryl/α,β-unsaturated/α-hetero) is 1. The Morgan fingerprint density at radius 3 is 2.14 bits per heavy atom. The Morgan fingerprint density at radius 2 is 1.86 bits per heavy atom. The van der Waals surface area contributed by atoms with Crippen LogP contribution < -0.4 is 0 Å². The summed E-state index contributed by atoms with van der Waals surface area (Å²) in [6.45, 7) is 6.71. The topological polar surface area (TPSA) is 20.3 Å². The highest BCUT2D eigenvalue weighted by Gasteiger charge is 2.66. The zero-order valence-electron chi connectivity index (χ0n) is 9.92. The predicted molar refractivity (Wildman–Crippen MR) is 57.1 cm³/mol. The molecule has 0 aromatic heterocycles. The van der Waals surface area contributed by atoms with Gasteiger partial charge in [-0.1, -0.05) is 20.8 Å². The molecule has 0 heterocycles. The van der Waals surface area contributed by atoms with E-state index in [0.717, 1.165) is 6.42 Å². The minimum absolute atomic E-state index is 0.0629. The van der Waals surface area contributed by atoms with Crippen LogP contribution in [0.2, 0.25) is 0 Å². The van der Waals surface area contributed by atoms with Gasteiger partial charge in [-0.15, -0.1) is 0 Å². The van der Waals surface area contributed by atoms with Crippen LogP contribution in [-0.4, -0.2) is 30.8 Å². The second-order valence-corrected chi connectivity index (χ2v) is 5.97. The van der Waals surface area contributed by atoms with Gasteiger partial charge in [-0.05, 0) is 38.3 Å². The first-order chi connectivity index (χ1) is 6.32. The lowest BCUT2D eigenvalue weighted by Gasteiger charge is -2.32. The molecule has 2 saturated carbocycles. The van der Waals surface area contributed by atoms with E-state index in [4.69, 9.17) is 0 Å². The molecule has 14 heavy (non-hydrogen) atoms. The van der Waals surface area contributed by atoms with E-state index in [1.54, 1.807) is 0 Å². The molecule has 0 N–H and O–H groups in total. The average Bonchev–Trinajstić information content (AvgIpc) is 2.35. The highest BCUT2D eigenvalue weighted by molar-refractivity contribution is 5.94. The summed E-state index contributed by atoms with van der Waals surface area (Å²) in [5.41, 5.74) is 0.131. The summed E-state index contributed by atoms with van der Waals surface area (Å²) in [4.78, 5) is 14.4. The Morgan fingerprint density at radius 1 is 1.29 bits per heavy atom. The van der Waals surface area contributed by atoms with E-state index in [1.807, 2.05) is 14.1 Å². The maximum atomic E-state index is 12.3. The van der Waals surface area contributed by atoms with Gasteiger partial charge in [0.25, 0.3) is 0 Å². The fourth-order valence-electron chi connectivity index (χ4n) is 3.63. The molecular weight excluding hydrogens is 174 g/mol. The van der Waals surface area contributed by atoms with Crippen molar-refractivity contribution in [1.82, 2.24) is 4.90 Å². The largest absolute Gasteiger partial charge is 0.299 e. The minimum atomic E-state index is -0.0629. The first-order valence-corrected chi connectivity index (χ1v) is 5.53. The van der Waals surface area contributed by atoms with Gasteiger partial charge in [-0.3, -0.25) is 9.69 Å². The molecule has 80 valence electrons. The van der Waals surface area contributed by atoms with E-state index < -0.39 is 0 Å². The lowest BCUT2D eigenvalue weighted by Crippen LogP contribution is -2.42. The zero-order chi connectivity index (χ0) is 10.7. The average molecular weight is 195 g/mol. The molecule has 3 unspecified atom stereocenters. The van der Waals surface area contributed by atoms with Gasteiger partial charge in [0.15, 0.2) is 5.78 Å². The summed E-state index contributed by atoms with van der Waals surface area (Å²) in [5, 5.41) is 0. The number of carbonyl (C=O) groups excluding carboxylic acids is 1. The van der Waals surface area contributed by atoms with Crippen molar-refractivity contribution in [3.05, 3.63) is 0 Å². The number of hydrogen-bond acceptors (Lipinski definition) is 2. The quantitative estimate of drug-likeness (QED) is 0.637. The minimum Gasteiger partial charge on any atom is -0.299 e. The van der Waals surface area contributed by atoms with Crippen molar-refractivity contribution >= 4 is 5.78 Å². The second-order valence-electron chi connectivity index (χ2n) is 5.97. The Hall–Kier alpha value is -0.370. The van der Waals surface area contributed by atoms with Gasteiger partial charge < -0.3 is 0 Å². The lowest BCUT2D eigenvalue weighted by atomic mass is 9.70. The van der Waals surface area contributed by atoms with Gasteiger partial charge in [0, 0.05) is 5.41 Å². The zero-order valence-corrected chi connectivity index (χ0v) is 9.92. The van der Waals surface area contributed by atoms with Crippen LogP contribution in [0.5, 0.6) is 0 Å². The van der Waals surface area contributed by atoms with E-state index in [-0.39, 0.29) is 16.9 Å². The molecule has 3 atom stereocenters. The maximum absolute atomic E-state index is 12.3. The van der Waals surface area contributed by atoms with Gasteiger partial charge in [0.2, 0.25) is 0 Å². The molecule has 0 amide bonds. The van der Waals surface area contributed by atoms with Crippen molar-refractivity contribution in [2.75, 3.05) is 14.1 Å². The van der Waals surface area contributed by atoms with Crippen LogP contribution in [0, 0.1) is 16.7 Å². The van der Waals surface area contributed by atoms with E-state index in [1.165, 1.54) is 6.42 Å². The summed E-state index contributed by atoms with van der Waals surface area (Å²) >= 11 is 0.